The van der Waals surface area contributed by atoms with Crippen molar-refractivity contribution in [3.63, 3.8) is 0 Å². The second-order valence-corrected chi connectivity index (χ2v) is 7.62. The molecule has 0 saturated heterocycles. The molecule has 0 unspecified atom stereocenters. The number of hydrogen-bond donors (Lipinski definition) is 1. The van der Waals surface area contributed by atoms with Gasteiger partial charge in [0.2, 0.25) is 5.78 Å². The van der Waals surface area contributed by atoms with Crippen molar-refractivity contribution < 1.29 is 23.8 Å². The third kappa shape index (κ3) is 4.14. The minimum Gasteiger partial charge on any atom is -0.503 e. The average molecular weight is 432 g/mol. The van der Waals surface area contributed by atoms with Crippen LogP contribution in [0.5, 0.6) is 5.75 Å². The summed E-state index contributed by atoms with van der Waals surface area (Å²) in [5, 5.41) is 10.7. The van der Waals surface area contributed by atoms with E-state index >= 15 is 0 Å². The predicted molar refractivity (Wildman–Crippen MR) is 117 cm³/mol. The number of aliphatic hydroxyl groups excluding tert-OH is 1. The van der Waals surface area contributed by atoms with E-state index < -0.39 is 23.5 Å². The molecular formula is C25H24N2O5. The lowest BCUT2D eigenvalue weighted by Gasteiger charge is -2.26. The van der Waals surface area contributed by atoms with Gasteiger partial charge in [0.15, 0.2) is 11.5 Å². The highest BCUT2D eigenvalue weighted by atomic mass is 16.5. The number of ether oxygens (including phenoxy) is 1. The quantitative estimate of drug-likeness (QED) is 0.525. The zero-order valence-corrected chi connectivity index (χ0v) is 17.9. The summed E-state index contributed by atoms with van der Waals surface area (Å²) in [5.74, 6) is -0.358. The molecule has 1 amide bonds. The van der Waals surface area contributed by atoms with Crippen molar-refractivity contribution in [3.8, 4) is 5.75 Å². The van der Waals surface area contributed by atoms with Gasteiger partial charge in [0, 0.05) is 18.9 Å². The van der Waals surface area contributed by atoms with Crippen LogP contribution in [0.4, 0.5) is 0 Å². The summed E-state index contributed by atoms with van der Waals surface area (Å²) in [6.07, 6.45) is 4.18. The highest BCUT2D eigenvalue weighted by Crippen LogP contribution is 2.40. The van der Waals surface area contributed by atoms with E-state index in [-0.39, 0.29) is 17.9 Å². The molecule has 3 heterocycles. The lowest BCUT2D eigenvalue weighted by Crippen LogP contribution is -2.30. The average Bonchev–Trinajstić information content (AvgIpc) is 3.35. The minimum absolute atomic E-state index is 0.00420. The van der Waals surface area contributed by atoms with Crippen LogP contribution in [0.25, 0.3) is 0 Å². The van der Waals surface area contributed by atoms with Gasteiger partial charge >= 0.3 is 0 Å². The molecule has 4 rings (SSSR count). The van der Waals surface area contributed by atoms with Crippen molar-refractivity contribution >= 4 is 11.7 Å². The van der Waals surface area contributed by atoms with Crippen LogP contribution in [-0.4, -0.2) is 33.3 Å². The van der Waals surface area contributed by atoms with Gasteiger partial charge < -0.3 is 19.2 Å². The van der Waals surface area contributed by atoms with Gasteiger partial charge in [-0.2, -0.15) is 0 Å². The first kappa shape index (κ1) is 21.4. The number of aliphatic hydroxyl groups is 1. The summed E-state index contributed by atoms with van der Waals surface area (Å²) in [6, 6.07) is 13.3. The van der Waals surface area contributed by atoms with Gasteiger partial charge in [0.1, 0.15) is 11.5 Å². The first-order valence-electron chi connectivity index (χ1n) is 10.5. The van der Waals surface area contributed by atoms with Crippen molar-refractivity contribution in [2.24, 2.45) is 0 Å². The molecule has 1 aliphatic rings. The van der Waals surface area contributed by atoms with E-state index in [1.165, 1.54) is 4.90 Å². The summed E-state index contributed by atoms with van der Waals surface area (Å²) in [5.41, 5.74) is 1.46. The van der Waals surface area contributed by atoms with Gasteiger partial charge in [-0.1, -0.05) is 25.1 Å². The van der Waals surface area contributed by atoms with Crippen LogP contribution >= 0.6 is 0 Å². The van der Waals surface area contributed by atoms with Crippen LogP contribution in [-0.2, 0) is 11.3 Å². The number of furan rings is 1. The van der Waals surface area contributed by atoms with Gasteiger partial charge in [0.25, 0.3) is 5.91 Å². The summed E-state index contributed by atoms with van der Waals surface area (Å²) >= 11 is 0. The number of carbonyl (C=O) groups is 2. The predicted octanol–water partition coefficient (Wildman–Crippen LogP) is 4.55. The second kappa shape index (κ2) is 9.09. The minimum atomic E-state index is -0.777. The number of carbonyl (C=O) groups excluding carboxylic acids is 2. The van der Waals surface area contributed by atoms with E-state index in [0.29, 0.717) is 23.7 Å². The molecule has 0 fully saturated rings. The largest absolute Gasteiger partial charge is 0.503 e. The molecule has 0 radical (unpaired) electrons. The molecule has 2 aromatic heterocycles. The SMILES string of the molecule is CCCOc1ccc([C@@H]2C(C(=O)c3ccc(C)o3)=C(O)C(=O)N2Cc2cccnc2)cc1. The van der Waals surface area contributed by atoms with E-state index in [2.05, 4.69) is 4.98 Å². The van der Waals surface area contributed by atoms with Crippen molar-refractivity contribution in [2.45, 2.75) is 32.9 Å². The Balaban J connectivity index is 1.74. The smallest absolute Gasteiger partial charge is 0.290 e. The summed E-state index contributed by atoms with van der Waals surface area (Å²) in [6.45, 7) is 4.53. The fraction of sp³-hybridized carbons (Fsp3) is 0.240. The topological polar surface area (TPSA) is 92.9 Å². The maximum Gasteiger partial charge on any atom is 0.290 e. The zero-order valence-electron chi connectivity index (χ0n) is 17.9. The Hall–Kier alpha value is -3.87. The molecule has 1 N–H and O–H groups in total. The van der Waals surface area contributed by atoms with Crippen LogP contribution in [0.3, 0.4) is 0 Å². The van der Waals surface area contributed by atoms with Crippen molar-refractivity contribution in [2.75, 3.05) is 6.61 Å². The van der Waals surface area contributed by atoms with Gasteiger partial charge in [-0.3, -0.25) is 14.6 Å². The number of Topliss-reactive ketones (excluding diaryl/α,β-unsaturated/α-hetero) is 1. The number of aromatic nitrogens is 1. The molecule has 0 saturated carbocycles. The number of ketones is 1. The Morgan fingerprint density at radius 1 is 1.19 bits per heavy atom. The molecule has 7 heteroatoms. The van der Waals surface area contributed by atoms with Crippen LogP contribution in [0.1, 0.15) is 46.8 Å². The molecule has 1 aromatic carbocycles. The van der Waals surface area contributed by atoms with E-state index in [4.69, 9.17) is 9.15 Å². The van der Waals surface area contributed by atoms with Crippen LogP contribution in [0.15, 0.2) is 76.7 Å². The summed E-state index contributed by atoms with van der Waals surface area (Å²) < 4.78 is 11.1. The normalized spacial score (nSPS) is 16.0. The Morgan fingerprint density at radius 2 is 1.97 bits per heavy atom. The molecular weight excluding hydrogens is 408 g/mol. The molecule has 164 valence electrons. The summed E-state index contributed by atoms with van der Waals surface area (Å²) in [4.78, 5) is 31.9. The molecule has 7 nitrogen and oxygen atoms in total. The molecule has 3 aromatic rings. The second-order valence-electron chi connectivity index (χ2n) is 7.62. The lowest BCUT2D eigenvalue weighted by molar-refractivity contribution is -0.130. The van der Waals surface area contributed by atoms with Gasteiger partial charge in [-0.15, -0.1) is 0 Å². The molecule has 32 heavy (non-hydrogen) atoms. The number of benzene rings is 1. The van der Waals surface area contributed by atoms with Gasteiger partial charge in [0.05, 0.1) is 18.2 Å². The lowest BCUT2D eigenvalue weighted by atomic mass is 9.95. The van der Waals surface area contributed by atoms with Crippen LogP contribution in [0, 0.1) is 6.92 Å². The van der Waals surface area contributed by atoms with E-state index in [1.807, 2.05) is 13.0 Å². The highest BCUT2D eigenvalue weighted by molar-refractivity contribution is 6.15. The maximum atomic E-state index is 13.3. The fourth-order valence-electron chi connectivity index (χ4n) is 3.74. The Labute approximate surface area is 186 Å². The molecule has 0 spiro atoms. The molecule has 0 aliphatic carbocycles. The molecule has 1 aliphatic heterocycles. The monoisotopic (exact) mass is 432 g/mol. The van der Waals surface area contributed by atoms with Crippen LogP contribution in [0.2, 0.25) is 0 Å². The van der Waals surface area contributed by atoms with Gasteiger partial charge in [-0.05, 0) is 54.8 Å². The number of pyridine rings is 1. The maximum absolute atomic E-state index is 13.3. The Bertz CT molecular complexity index is 1150. The van der Waals surface area contributed by atoms with E-state index in [9.17, 15) is 14.7 Å². The number of aryl methyl sites for hydroxylation is 1. The zero-order chi connectivity index (χ0) is 22.7. The molecule has 1 atom stereocenters. The fourth-order valence-corrected chi connectivity index (χ4v) is 3.74. The van der Waals surface area contributed by atoms with Crippen molar-refractivity contribution in [1.82, 2.24) is 9.88 Å². The number of nitrogens with zero attached hydrogens (tertiary/aromatic N) is 2. The highest BCUT2D eigenvalue weighted by Gasteiger charge is 2.44. The van der Waals surface area contributed by atoms with Crippen molar-refractivity contribution in [3.05, 3.63) is 94.9 Å². The first-order valence-corrected chi connectivity index (χ1v) is 10.5. The number of amides is 1. The third-order valence-corrected chi connectivity index (χ3v) is 5.26. The first-order chi connectivity index (χ1) is 15.5. The van der Waals surface area contributed by atoms with Crippen molar-refractivity contribution in [1.29, 1.82) is 0 Å². The Morgan fingerprint density at radius 3 is 2.59 bits per heavy atom. The van der Waals surface area contributed by atoms with Gasteiger partial charge in [-0.25, -0.2) is 0 Å². The summed E-state index contributed by atoms with van der Waals surface area (Å²) in [7, 11) is 0. The van der Waals surface area contributed by atoms with E-state index in [1.54, 1.807) is 61.8 Å². The van der Waals surface area contributed by atoms with E-state index in [0.717, 1.165) is 12.0 Å². The standard InChI is InChI=1S/C25H24N2O5/c1-3-13-31-19-9-7-18(8-10-19)22-21(23(28)20-11-6-16(2)32-20)24(29)25(30)27(22)15-17-5-4-12-26-14-17/h4-12,14,22,29H,3,13,15H2,1-2H3/t22-/m1/s1. The Kier molecular flexibility index (Phi) is 6.07. The number of rotatable bonds is 8. The van der Waals surface area contributed by atoms with Crippen LogP contribution < -0.4 is 4.74 Å². The molecule has 0 bridgehead atoms. The number of hydrogen-bond acceptors (Lipinski definition) is 6. The third-order valence-electron chi connectivity index (χ3n) is 5.26.